The molecule has 0 amide bonds. The molecule has 0 fully saturated rings. The Bertz CT molecular complexity index is 1630. The van der Waals surface area contributed by atoms with E-state index in [1.165, 1.54) is 31.7 Å². The standard InChI is InChI=1S/C37H35NS/c1-7-11-24-36-27(5)28(6)37(39-36)26-29(10-4)31-20-14-21-33(25-31)38(32(16-8-2)17-9-3)35-23-15-19-30-18-12-13-22-34(30)35/h7-26H,1-2,4H2,3,5-6H3/b17-9-,24-11-,29-26+,32-16+. The summed E-state index contributed by atoms with van der Waals surface area (Å²) in [5, 5.41) is 2.39. The Kier molecular flexibility index (Phi) is 9.14. The van der Waals surface area contributed by atoms with E-state index in [1.54, 1.807) is 11.3 Å². The fourth-order valence-corrected chi connectivity index (χ4v) is 5.83. The minimum Gasteiger partial charge on any atom is -0.310 e. The van der Waals surface area contributed by atoms with Gasteiger partial charge in [-0.05, 0) is 90.9 Å². The fourth-order valence-electron chi connectivity index (χ4n) is 4.65. The van der Waals surface area contributed by atoms with Gasteiger partial charge in [-0.25, -0.2) is 0 Å². The van der Waals surface area contributed by atoms with Crippen molar-refractivity contribution < 1.29 is 0 Å². The lowest BCUT2D eigenvalue weighted by atomic mass is 10.0. The second kappa shape index (κ2) is 12.9. The maximum Gasteiger partial charge on any atom is 0.0540 e. The molecule has 194 valence electrons. The first-order valence-electron chi connectivity index (χ1n) is 13.1. The molecule has 0 aliphatic rings. The minimum atomic E-state index is 1.04. The van der Waals surface area contributed by atoms with E-state index in [4.69, 9.17) is 0 Å². The molecule has 0 N–H and O–H groups in total. The van der Waals surface area contributed by atoms with Gasteiger partial charge in [-0.2, -0.15) is 0 Å². The number of rotatable bonds is 10. The number of hydrogen-bond acceptors (Lipinski definition) is 2. The van der Waals surface area contributed by atoms with Crippen LogP contribution < -0.4 is 4.90 Å². The molecule has 0 saturated carbocycles. The van der Waals surface area contributed by atoms with E-state index in [9.17, 15) is 0 Å². The Balaban J connectivity index is 1.88. The molecule has 0 unspecified atom stereocenters. The predicted molar refractivity (Wildman–Crippen MR) is 177 cm³/mol. The van der Waals surface area contributed by atoms with Crippen molar-refractivity contribution in [1.82, 2.24) is 0 Å². The molecule has 1 aromatic heterocycles. The topological polar surface area (TPSA) is 3.24 Å². The van der Waals surface area contributed by atoms with Gasteiger partial charge >= 0.3 is 0 Å². The first-order valence-corrected chi connectivity index (χ1v) is 13.9. The highest BCUT2D eigenvalue weighted by Crippen LogP contribution is 2.38. The van der Waals surface area contributed by atoms with Crippen molar-refractivity contribution in [2.45, 2.75) is 20.8 Å². The van der Waals surface area contributed by atoms with Gasteiger partial charge in [0.05, 0.1) is 5.69 Å². The minimum absolute atomic E-state index is 1.04. The van der Waals surface area contributed by atoms with Crippen LogP contribution in [0.3, 0.4) is 0 Å². The van der Waals surface area contributed by atoms with Crippen LogP contribution in [0, 0.1) is 13.8 Å². The number of anilines is 2. The third-order valence-corrected chi connectivity index (χ3v) is 8.05. The molecule has 0 atom stereocenters. The van der Waals surface area contributed by atoms with E-state index in [0.717, 1.165) is 28.2 Å². The molecule has 39 heavy (non-hydrogen) atoms. The summed E-state index contributed by atoms with van der Waals surface area (Å²) in [5.41, 5.74) is 8.00. The maximum absolute atomic E-state index is 4.17. The summed E-state index contributed by atoms with van der Waals surface area (Å²) in [6.07, 6.45) is 18.2. The summed E-state index contributed by atoms with van der Waals surface area (Å²) in [6.45, 7) is 18.4. The van der Waals surface area contributed by atoms with E-state index >= 15 is 0 Å². The molecular weight excluding hydrogens is 490 g/mol. The van der Waals surface area contributed by atoms with Gasteiger partial charge in [-0.1, -0.05) is 98.6 Å². The molecule has 1 heterocycles. The highest BCUT2D eigenvalue weighted by molar-refractivity contribution is 7.14. The van der Waals surface area contributed by atoms with Crippen LogP contribution >= 0.6 is 11.3 Å². The first-order chi connectivity index (χ1) is 19.0. The summed E-state index contributed by atoms with van der Waals surface area (Å²) in [6, 6.07) is 23.6. The molecular formula is C37H35NS. The molecule has 0 aliphatic carbocycles. The average Bonchev–Trinajstić information content (AvgIpc) is 3.23. The summed E-state index contributed by atoms with van der Waals surface area (Å²) in [4.78, 5) is 4.79. The number of hydrogen-bond donors (Lipinski definition) is 0. The van der Waals surface area contributed by atoms with Crippen LogP contribution in [0.25, 0.3) is 28.5 Å². The van der Waals surface area contributed by atoms with Crippen molar-refractivity contribution in [3.63, 3.8) is 0 Å². The average molecular weight is 526 g/mol. The molecule has 4 rings (SSSR count). The lowest BCUT2D eigenvalue weighted by Gasteiger charge is -2.28. The summed E-state index contributed by atoms with van der Waals surface area (Å²) >= 11 is 1.79. The van der Waals surface area contributed by atoms with Gasteiger partial charge in [-0.3, -0.25) is 0 Å². The predicted octanol–water partition coefficient (Wildman–Crippen LogP) is 11.2. The Labute approximate surface area is 237 Å². The van der Waals surface area contributed by atoms with E-state index in [-0.39, 0.29) is 0 Å². The monoisotopic (exact) mass is 525 g/mol. The third-order valence-electron chi connectivity index (χ3n) is 6.74. The lowest BCUT2D eigenvalue weighted by molar-refractivity contribution is 1.22. The molecule has 3 aromatic carbocycles. The van der Waals surface area contributed by atoms with Crippen LogP contribution in [-0.2, 0) is 0 Å². The zero-order valence-electron chi connectivity index (χ0n) is 23.0. The second-order valence-electron chi connectivity index (χ2n) is 9.19. The summed E-state index contributed by atoms with van der Waals surface area (Å²) in [5.74, 6) is 0. The number of thiophene rings is 1. The van der Waals surface area contributed by atoms with Crippen LogP contribution in [0.15, 0.2) is 135 Å². The van der Waals surface area contributed by atoms with E-state index < -0.39 is 0 Å². The van der Waals surface area contributed by atoms with Gasteiger partial charge in [0.15, 0.2) is 0 Å². The Morgan fingerprint density at radius 1 is 0.846 bits per heavy atom. The van der Waals surface area contributed by atoms with Crippen molar-refractivity contribution in [1.29, 1.82) is 0 Å². The van der Waals surface area contributed by atoms with Crippen LogP contribution in [0.1, 0.15) is 33.4 Å². The molecule has 0 spiro atoms. The largest absolute Gasteiger partial charge is 0.310 e. The van der Waals surface area contributed by atoms with E-state index in [1.807, 2.05) is 31.2 Å². The molecule has 2 heteroatoms. The maximum atomic E-state index is 4.17. The van der Waals surface area contributed by atoms with Gasteiger partial charge in [0.2, 0.25) is 0 Å². The molecule has 0 saturated heterocycles. The number of nitrogens with zero attached hydrogens (tertiary/aromatic N) is 1. The van der Waals surface area contributed by atoms with Crippen LogP contribution in [0.5, 0.6) is 0 Å². The van der Waals surface area contributed by atoms with Gasteiger partial charge in [0, 0.05) is 26.5 Å². The molecule has 1 nitrogen and oxygen atoms in total. The van der Waals surface area contributed by atoms with Gasteiger partial charge in [0.1, 0.15) is 0 Å². The van der Waals surface area contributed by atoms with Gasteiger partial charge in [0.25, 0.3) is 0 Å². The third kappa shape index (κ3) is 6.03. The summed E-state index contributed by atoms with van der Waals surface area (Å²) in [7, 11) is 0. The van der Waals surface area contributed by atoms with Crippen molar-refractivity contribution in [2.24, 2.45) is 0 Å². The Morgan fingerprint density at radius 2 is 1.59 bits per heavy atom. The molecule has 4 aromatic rings. The van der Waals surface area contributed by atoms with Gasteiger partial charge < -0.3 is 4.90 Å². The smallest absolute Gasteiger partial charge is 0.0540 e. The molecule has 0 aliphatic heterocycles. The second-order valence-corrected chi connectivity index (χ2v) is 10.3. The zero-order chi connectivity index (χ0) is 27.8. The van der Waals surface area contributed by atoms with E-state index in [0.29, 0.717) is 0 Å². The highest BCUT2D eigenvalue weighted by atomic mass is 32.1. The van der Waals surface area contributed by atoms with E-state index in [2.05, 4.69) is 136 Å². The Hall–Kier alpha value is -4.40. The van der Waals surface area contributed by atoms with Crippen LogP contribution in [-0.4, -0.2) is 0 Å². The van der Waals surface area contributed by atoms with Gasteiger partial charge in [-0.15, -0.1) is 11.3 Å². The SMILES string of the molecule is C=C/C=C\c1sc(/C=C(\C=C)c2cccc(N(C(/C=C\C)=C/C=C)c3cccc4ccccc34)c2)c(C)c1C. The van der Waals surface area contributed by atoms with Crippen LogP contribution in [0.2, 0.25) is 0 Å². The first kappa shape index (κ1) is 27.6. The zero-order valence-corrected chi connectivity index (χ0v) is 23.8. The highest BCUT2D eigenvalue weighted by Gasteiger charge is 2.17. The van der Waals surface area contributed by atoms with Crippen molar-refractivity contribution in [2.75, 3.05) is 4.90 Å². The number of fused-ring (bicyclic) bond motifs is 1. The fraction of sp³-hybridized carbons (Fsp3) is 0.0811. The van der Waals surface area contributed by atoms with Crippen molar-refractivity contribution >= 4 is 51.2 Å². The summed E-state index contributed by atoms with van der Waals surface area (Å²) < 4.78 is 0. The number of allylic oxidation sites excluding steroid dienone is 8. The normalized spacial score (nSPS) is 12.4. The van der Waals surface area contributed by atoms with Crippen molar-refractivity contribution in [3.8, 4) is 0 Å². The molecule has 0 radical (unpaired) electrons. The molecule has 0 bridgehead atoms. The van der Waals surface area contributed by atoms with Crippen molar-refractivity contribution in [3.05, 3.63) is 161 Å². The van der Waals surface area contributed by atoms with Crippen LogP contribution in [0.4, 0.5) is 11.4 Å². The number of benzene rings is 3. The Morgan fingerprint density at radius 3 is 2.33 bits per heavy atom. The quantitative estimate of drug-likeness (QED) is 0.186. The lowest BCUT2D eigenvalue weighted by Crippen LogP contribution is -2.15.